The number of nitrogens with one attached hydrogen (secondary N) is 1. The molecule has 0 bridgehead atoms. The summed E-state index contributed by atoms with van der Waals surface area (Å²) in [6.45, 7) is 10.5. The van der Waals surface area contributed by atoms with Gasteiger partial charge in [0.2, 0.25) is 10.0 Å². The van der Waals surface area contributed by atoms with Crippen LogP contribution in [0.3, 0.4) is 0 Å². The van der Waals surface area contributed by atoms with E-state index in [1.54, 1.807) is 0 Å². The molecule has 6 heteroatoms. The quantitative estimate of drug-likeness (QED) is 0.653. The second-order valence-corrected chi connectivity index (χ2v) is 6.65. The Morgan fingerprint density at radius 1 is 1.24 bits per heavy atom. The Bertz CT molecular complexity index is 292. The van der Waals surface area contributed by atoms with Crippen LogP contribution in [0.15, 0.2) is 0 Å². The first-order chi connectivity index (χ1) is 7.84. The molecule has 0 saturated carbocycles. The van der Waals surface area contributed by atoms with Crippen LogP contribution in [-0.2, 0) is 10.0 Å². The number of hydrogen-bond acceptors (Lipinski definition) is 3. The van der Waals surface area contributed by atoms with E-state index in [4.69, 9.17) is 11.6 Å². The SMILES string of the molecule is CCN(CC)CC(C)NS(=O)(=O)CC(C)CCl. The fraction of sp³-hybridized carbons (Fsp3) is 1.00. The number of rotatable bonds is 9. The van der Waals surface area contributed by atoms with Gasteiger partial charge < -0.3 is 4.90 Å². The fourth-order valence-corrected chi connectivity index (χ4v) is 3.57. The molecular weight excluding hydrogens is 260 g/mol. The lowest BCUT2D eigenvalue weighted by molar-refractivity contribution is 0.282. The Morgan fingerprint density at radius 2 is 1.76 bits per heavy atom. The maximum Gasteiger partial charge on any atom is 0.212 e. The zero-order chi connectivity index (χ0) is 13.5. The molecule has 0 aliphatic carbocycles. The Labute approximate surface area is 111 Å². The molecule has 0 aromatic carbocycles. The highest BCUT2D eigenvalue weighted by Gasteiger charge is 2.18. The number of halogens is 1. The summed E-state index contributed by atoms with van der Waals surface area (Å²) >= 11 is 5.62. The minimum absolute atomic E-state index is 0.0187. The summed E-state index contributed by atoms with van der Waals surface area (Å²) < 4.78 is 26.3. The second kappa shape index (κ2) is 8.29. The maximum atomic E-state index is 11.8. The maximum absolute atomic E-state index is 11.8. The van der Waals surface area contributed by atoms with Gasteiger partial charge in [0.15, 0.2) is 0 Å². The van der Waals surface area contributed by atoms with Crippen LogP contribution < -0.4 is 4.72 Å². The van der Waals surface area contributed by atoms with Crippen LogP contribution in [-0.4, -0.2) is 50.6 Å². The Balaban J connectivity index is 4.22. The van der Waals surface area contributed by atoms with Crippen LogP contribution in [0, 0.1) is 5.92 Å². The number of alkyl halides is 1. The standard InChI is InChI=1S/C11H25ClN2O2S/c1-5-14(6-2)8-11(4)13-17(15,16)9-10(3)7-12/h10-11,13H,5-9H2,1-4H3. The van der Waals surface area contributed by atoms with Gasteiger partial charge in [-0.05, 0) is 25.9 Å². The predicted octanol–water partition coefficient (Wildman–Crippen LogP) is 1.51. The van der Waals surface area contributed by atoms with Gasteiger partial charge in [0, 0.05) is 18.5 Å². The Hall–Kier alpha value is 0.160. The molecule has 0 radical (unpaired) electrons. The predicted molar refractivity (Wildman–Crippen MR) is 74.1 cm³/mol. The average Bonchev–Trinajstić information content (AvgIpc) is 2.24. The first kappa shape index (κ1) is 17.2. The van der Waals surface area contributed by atoms with E-state index >= 15 is 0 Å². The Morgan fingerprint density at radius 3 is 2.18 bits per heavy atom. The third-order valence-electron chi connectivity index (χ3n) is 2.57. The molecule has 0 spiro atoms. The van der Waals surface area contributed by atoms with Crippen molar-refractivity contribution in [3.05, 3.63) is 0 Å². The van der Waals surface area contributed by atoms with E-state index in [1.807, 2.05) is 13.8 Å². The molecule has 104 valence electrons. The van der Waals surface area contributed by atoms with Gasteiger partial charge in [-0.25, -0.2) is 13.1 Å². The fourth-order valence-electron chi connectivity index (χ4n) is 1.68. The molecule has 4 nitrogen and oxygen atoms in total. The molecule has 17 heavy (non-hydrogen) atoms. The van der Waals surface area contributed by atoms with Crippen molar-refractivity contribution in [3.8, 4) is 0 Å². The molecule has 0 aliphatic rings. The van der Waals surface area contributed by atoms with E-state index in [2.05, 4.69) is 23.5 Å². The number of nitrogens with zero attached hydrogens (tertiary/aromatic N) is 1. The highest BCUT2D eigenvalue weighted by atomic mass is 35.5. The highest BCUT2D eigenvalue weighted by Crippen LogP contribution is 2.03. The summed E-state index contributed by atoms with van der Waals surface area (Å²) in [5.41, 5.74) is 0. The summed E-state index contributed by atoms with van der Waals surface area (Å²) in [6.07, 6.45) is 0. The average molecular weight is 285 g/mol. The van der Waals surface area contributed by atoms with E-state index in [-0.39, 0.29) is 17.7 Å². The van der Waals surface area contributed by atoms with Crippen LogP contribution in [0.2, 0.25) is 0 Å². The smallest absolute Gasteiger partial charge is 0.212 e. The van der Waals surface area contributed by atoms with E-state index in [0.717, 1.165) is 19.6 Å². The molecule has 0 saturated heterocycles. The lowest BCUT2D eigenvalue weighted by Crippen LogP contribution is -2.43. The van der Waals surface area contributed by atoms with Crippen molar-refractivity contribution >= 4 is 21.6 Å². The van der Waals surface area contributed by atoms with Crippen LogP contribution in [0.5, 0.6) is 0 Å². The summed E-state index contributed by atoms with van der Waals surface area (Å²) in [6, 6.07) is -0.0672. The normalized spacial score (nSPS) is 16.1. The largest absolute Gasteiger partial charge is 0.302 e. The van der Waals surface area contributed by atoms with Crippen molar-refractivity contribution < 1.29 is 8.42 Å². The van der Waals surface area contributed by atoms with Crippen molar-refractivity contribution in [2.24, 2.45) is 5.92 Å². The molecule has 0 heterocycles. The van der Waals surface area contributed by atoms with E-state index in [0.29, 0.717) is 5.88 Å². The zero-order valence-electron chi connectivity index (χ0n) is 11.2. The molecule has 0 rings (SSSR count). The number of sulfonamides is 1. The van der Waals surface area contributed by atoms with Crippen molar-refractivity contribution in [2.75, 3.05) is 31.3 Å². The molecule has 0 aromatic heterocycles. The van der Waals surface area contributed by atoms with Crippen LogP contribution in [0.25, 0.3) is 0 Å². The molecule has 2 unspecified atom stereocenters. The second-order valence-electron chi connectivity index (χ2n) is 4.55. The molecule has 0 fully saturated rings. The first-order valence-corrected chi connectivity index (χ1v) is 8.31. The minimum atomic E-state index is -3.22. The summed E-state index contributed by atoms with van der Waals surface area (Å²) in [5.74, 6) is 0.444. The highest BCUT2D eigenvalue weighted by molar-refractivity contribution is 7.89. The van der Waals surface area contributed by atoms with Gasteiger partial charge in [-0.3, -0.25) is 0 Å². The van der Waals surface area contributed by atoms with Gasteiger partial charge in [-0.2, -0.15) is 0 Å². The van der Waals surface area contributed by atoms with Crippen molar-refractivity contribution in [2.45, 2.75) is 33.7 Å². The summed E-state index contributed by atoms with van der Waals surface area (Å²) in [4.78, 5) is 2.19. The zero-order valence-corrected chi connectivity index (χ0v) is 12.8. The molecular formula is C11H25ClN2O2S. The summed E-state index contributed by atoms with van der Waals surface area (Å²) in [7, 11) is -3.22. The topological polar surface area (TPSA) is 49.4 Å². The van der Waals surface area contributed by atoms with Gasteiger partial charge in [0.1, 0.15) is 0 Å². The lowest BCUT2D eigenvalue weighted by Gasteiger charge is -2.23. The van der Waals surface area contributed by atoms with Gasteiger partial charge in [0.05, 0.1) is 5.75 Å². The minimum Gasteiger partial charge on any atom is -0.302 e. The van der Waals surface area contributed by atoms with Crippen LogP contribution in [0.1, 0.15) is 27.7 Å². The lowest BCUT2D eigenvalue weighted by atomic mass is 10.3. The third-order valence-corrected chi connectivity index (χ3v) is 4.87. The summed E-state index contributed by atoms with van der Waals surface area (Å²) in [5, 5.41) is 0. The Kier molecular flexibility index (Phi) is 8.37. The molecule has 0 aliphatic heterocycles. The van der Waals surface area contributed by atoms with Crippen LogP contribution >= 0.6 is 11.6 Å². The van der Waals surface area contributed by atoms with Crippen molar-refractivity contribution in [1.29, 1.82) is 0 Å². The molecule has 0 aromatic rings. The van der Waals surface area contributed by atoms with E-state index in [9.17, 15) is 8.42 Å². The van der Waals surface area contributed by atoms with Crippen LogP contribution in [0.4, 0.5) is 0 Å². The van der Waals surface area contributed by atoms with Gasteiger partial charge in [-0.1, -0.05) is 20.8 Å². The third kappa shape index (κ3) is 7.97. The van der Waals surface area contributed by atoms with Gasteiger partial charge >= 0.3 is 0 Å². The molecule has 1 N–H and O–H groups in total. The van der Waals surface area contributed by atoms with Crippen molar-refractivity contribution in [3.63, 3.8) is 0 Å². The molecule has 2 atom stereocenters. The molecule has 0 amide bonds. The first-order valence-electron chi connectivity index (χ1n) is 6.12. The number of hydrogen-bond donors (Lipinski definition) is 1. The van der Waals surface area contributed by atoms with E-state index < -0.39 is 10.0 Å². The monoisotopic (exact) mass is 284 g/mol. The van der Waals surface area contributed by atoms with Gasteiger partial charge in [-0.15, -0.1) is 11.6 Å². The number of likely N-dealkylation sites (N-methyl/N-ethyl adjacent to an activating group) is 1. The van der Waals surface area contributed by atoms with E-state index in [1.165, 1.54) is 0 Å². The van der Waals surface area contributed by atoms with Crippen molar-refractivity contribution in [1.82, 2.24) is 9.62 Å². The van der Waals surface area contributed by atoms with Gasteiger partial charge in [0.25, 0.3) is 0 Å².